The Bertz CT molecular complexity index is 164. The van der Waals surface area contributed by atoms with Gasteiger partial charge in [-0.3, -0.25) is 0 Å². The van der Waals surface area contributed by atoms with Crippen LogP contribution >= 0.6 is 11.8 Å². The first-order valence-corrected chi connectivity index (χ1v) is 4.39. The molecule has 0 heterocycles. The van der Waals surface area contributed by atoms with Crippen molar-refractivity contribution in [1.82, 2.24) is 0 Å². The number of hydrogen-bond acceptors (Lipinski definition) is 3. The molecule has 0 bridgehead atoms. The van der Waals surface area contributed by atoms with E-state index in [0.717, 1.165) is 5.75 Å². The molecule has 0 amide bonds. The lowest BCUT2D eigenvalue weighted by Crippen LogP contribution is -2.69. The molecule has 0 aliphatic carbocycles. The Labute approximate surface area is 70.3 Å². The predicted octanol–water partition coefficient (Wildman–Crippen LogP) is -1.90. The topological polar surface area (TPSA) is 67.8 Å². The fraction of sp³-hybridized carbons (Fsp3) is 0.571. The van der Waals surface area contributed by atoms with Crippen LogP contribution in [0.25, 0.3) is 0 Å². The molecule has 3 N–H and O–H groups in total. The first kappa shape index (κ1) is 10.3. The molecule has 0 aromatic heterocycles. The van der Waals surface area contributed by atoms with Crippen molar-refractivity contribution >= 4 is 17.7 Å². The van der Waals surface area contributed by atoms with Gasteiger partial charge in [0.25, 0.3) is 0 Å². The van der Waals surface area contributed by atoms with Gasteiger partial charge < -0.3 is 15.6 Å². The van der Waals surface area contributed by atoms with Gasteiger partial charge in [0.05, 0.1) is 11.7 Å². The van der Waals surface area contributed by atoms with Gasteiger partial charge >= 0.3 is 0 Å². The molecule has 3 nitrogen and oxygen atoms in total. The maximum atomic E-state index is 10.1. The maximum Gasteiger partial charge on any atom is 0.134 e. The zero-order valence-corrected chi connectivity index (χ0v) is 7.02. The second-order valence-corrected chi connectivity index (χ2v) is 3.19. The summed E-state index contributed by atoms with van der Waals surface area (Å²) in [5.41, 5.74) is 3.40. The van der Waals surface area contributed by atoms with E-state index in [4.69, 9.17) is 6.42 Å². The van der Waals surface area contributed by atoms with Gasteiger partial charge in [0.1, 0.15) is 6.04 Å². The van der Waals surface area contributed by atoms with Crippen molar-refractivity contribution in [3.63, 3.8) is 0 Å². The molecular formula is C7H11NO2S. The third-order valence-electron chi connectivity index (χ3n) is 1.04. The molecule has 11 heavy (non-hydrogen) atoms. The van der Waals surface area contributed by atoms with Crippen LogP contribution in [0.4, 0.5) is 0 Å². The number of terminal acetylenes is 1. The average molecular weight is 173 g/mol. The van der Waals surface area contributed by atoms with Gasteiger partial charge in [0.2, 0.25) is 0 Å². The van der Waals surface area contributed by atoms with E-state index in [1.54, 1.807) is 0 Å². The fourth-order valence-electron chi connectivity index (χ4n) is 0.425. The van der Waals surface area contributed by atoms with Crippen LogP contribution in [0.5, 0.6) is 0 Å². The Hall–Kier alpha value is -0.660. The molecule has 0 saturated carbocycles. The van der Waals surface area contributed by atoms with Crippen molar-refractivity contribution in [2.24, 2.45) is 0 Å². The summed E-state index contributed by atoms with van der Waals surface area (Å²) in [5.74, 6) is 2.63. The van der Waals surface area contributed by atoms with E-state index in [-0.39, 0.29) is 0 Å². The Morgan fingerprint density at radius 1 is 1.82 bits per heavy atom. The molecule has 0 aromatic carbocycles. The Morgan fingerprint density at radius 2 is 2.45 bits per heavy atom. The smallest absolute Gasteiger partial charge is 0.134 e. The summed E-state index contributed by atoms with van der Waals surface area (Å²) in [7, 11) is 0. The molecule has 62 valence electrons. The molecule has 0 saturated heterocycles. The van der Waals surface area contributed by atoms with Gasteiger partial charge in [-0.1, -0.05) is 0 Å². The zero-order valence-electron chi connectivity index (χ0n) is 6.21. The standard InChI is InChI=1S/C7H11NO2S/c1-2-3-4-11-5-6(8)7(9)10/h1,6H,3-5,8H2,(H,9,10)/t6-/m0/s1. The highest BCUT2D eigenvalue weighted by Gasteiger charge is 2.05. The van der Waals surface area contributed by atoms with Crippen molar-refractivity contribution in [3.8, 4) is 12.3 Å². The van der Waals surface area contributed by atoms with Crippen LogP contribution in [0.15, 0.2) is 0 Å². The monoisotopic (exact) mass is 173 g/mol. The molecule has 0 unspecified atom stereocenters. The largest absolute Gasteiger partial charge is 0.544 e. The summed E-state index contributed by atoms with van der Waals surface area (Å²) in [4.78, 5) is 10.1. The van der Waals surface area contributed by atoms with Gasteiger partial charge in [-0.25, -0.2) is 0 Å². The van der Waals surface area contributed by atoms with Crippen molar-refractivity contribution in [1.29, 1.82) is 0 Å². The van der Waals surface area contributed by atoms with Crippen molar-refractivity contribution < 1.29 is 15.6 Å². The number of quaternary nitrogens is 1. The second kappa shape index (κ2) is 6.08. The van der Waals surface area contributed by atoms with Crippen LogP contribution in [-0.4, -0.2) is 23.5 Å². The number of carboxylic acids is 1. The van der Waals surface area contributed by atoms with Crippen LogP contribution in [0, 0.1) is 12.3 Å². The van der Waals surface area contributed by atoms with Gasteiger partial charge in [0.15, 0.2) is 0 Å². The lowest BCUT2D eigenvalue weighted by molar-refractivity contribution is -0.431. The maximum absolute atomic E-state index is 10.1. The van der Waals surface area contributed by atoms with Crippen LogP contribution in [0.2, 0.25) is 0 Å². The highest BCUT2D eigenvalue weighted by molar-refractivity contribution is 7.99. The van der Waals surface area contributed by atoms with Crippen molar-refractivity contribution in [2.75, 3.05) is 11.5 Å². The molecule has 0 fully saturated rings. The minimum Gasteiger partial charge on any atom is -0.544 e. The summed E-state index contributed by atoms with van der Waals surface area (Å²) >= 11 is 1.49. The molecule has 0 radical (unpaired) electrons. The zero-order chi connectivity index (χ0) is 8.69. The van der Waals surface area contributed by atoms with Crippen LogP contribution in [0.3, 0.4) is 0 Å². The van der Waals surface area contributed by atoms with Gasteiger partial charge in [-0.2, -0.15) is 11.8 Å². The van der Waals surface area contributed by atoms with Gasteiger partial charge in [-0.15, -0.1) is 12.3 Å². The number of carboxylic acid groups (broad SMARTS) is 1. The van der Waals surface area contributed by atoms with E-state index in [0.29, 0.717) is 12.2 Å². The lowest BCUT2D eigenvalue weighted by atomic mass is 10.4. The second-order valence-electron chi connectivity index (χ2n) is 2.04. The Kier molecular flexibility index (Phi) is 5.71. The molecule has 0 rings (SSSR count). The van der Waals surface area contributed by atoms with E-state index >= 15 is 0 Å². The van der Waals surface area contributed by atoms with Crippen LogP contribution < -0.4 is 10.8 Å². The number of aliphatic carboxylic acids is 1. The third-order valence-corrected chi connectivity index (χ3v) is 2.17. The summed E-state index contributed by atoms with van der Waals surface area (Å²) in [5, 5.41) is 10.1. The van der Waals surface area contributed by atoms with E-state index in [2.05, 4.69) is 11.7 Å². The number of rotatable bonds is 5. The van der Waals surface area contributed by atoms with E-state index in [9.17, 15) is 9.90 Å². The third kappa shape index (κ3) is 5.77. The predicted molar refractivity (Wildman–Crippen MR) is 42.5 cm³/mol. The quantitative estimate of drug-likeness (QED) is 0.390. The molecule has 0 aliphatic rings. The Balaban J connectivity index is 3.26. The summed E-state index contributed by atoms with van der Waals surface area (Å²) in [6, 6.07) is -0.627. The molecule has 0 aliphatic heterocycles. The van der Waals surface area contributed by atoms with E-state index < -0.39 is 12.0 Å². The van der Waals surface area contributed by atoms with E-state index in [1.807, 2.05) is 0 Å². The van der Waals surface area contributed by atoms with Crippen molar-refractivity contribution in [3.05, 3.63) is 0 Å². The minimum absolute atomic E-state index is 0.476. The summed E-state index contributed by atoms with van der Waals surface area (Å²) < 4.78 is 0. The van der Waals surface area contributed by atoms with Gasteiger partial charge in [-0.05, 0) is 0 Å². The molecular weight excluding hydrogens is 162 g/mol. The van der Waals surface area contributed by atoms with Crippen LogP contribution in [0.1, 0.15) is 6.42 Å². The van der Waals surface area contributed by atoms with Crippen LogP contribution in [-0.2, 0) is 4.79 Å². The molecule has 4 heteroatoms. The number of thioether (sulfide) groups is 1. The van der Waals surface area contributed by atoms with E-state index in [1.165, 1.54) is 11.8 Å². The number of carbonyl (C=O) groups is 1. The highest BCUT2D eigenvalue weighted by Crippen LogP contribution is 2.01. The summed E-state index contributed by atoms with van der Waals surface area (Å²) in [6.45, 7) is 0. The minimum atomic E-state index is -1.10. The average Bonchev–Trinajstić information content (AvgIpc) is 1.97. The number of carbonyl (C=O) groups excluding carboxylic acids is 1. The molecule has 0 aromatic rings. The highest BCUT2D eigenvalue weighted by atomic mass is 32.2. The summed E-state index contributed by atoms with van der Waals surface area (Å²) in [6.07, 6.45) is 5.67. The number of hydrogen-bond donors (Lipinski definition) is 1. The molecule has 1 atom stereocenters. The fourth-order valence-corrected chi connectivity index (χ4v) is 1.27. The normalized spacial score (nSPS) is 12.0. The molecule has 0 spiro atoms. The SMILES string of the molecule is C#CCCSC[C@H]([NH3+])C(=O)[O-]. The van der Waals surface area contributed by atoms with Crippen molar-refractivity contribution in [2.45, 2.75) is 12.5 Å². The first-order chi connectivity index (χ1) is 5.18. The van der Waals surface area contributed by atoms with Gasteiger partial charge in [0, 0.05) is 12.2 Å². The first-order valence-electron chi connectivity index (χ1n) is 3.23. The lowest BCUT2D eigenvalue weighted by Gasteiger charge is -2.07. The Morgan fingerprint density at radius 3 is 2.91 bits per heavy atom.